The van der Waals surface area contributed by atoms with Gasteiger partial charge in [0, 0.05) is 30.7 Å². The lowest BCUT2D eigenvalue weighted by molar-refractivity contribution is -0.142. The van der Waals surface area contributed by atoms with Gasteiger partial charge in [-0.3, -0.25) is 14.4 Å². The lowest BCUT2D eigenvalue weighted by Crippen LogP contribution is -2.58. The first-order valence-corrected chi connectivity index (χ1v) is 13.6. The standard InChI is InChI=1S/C26H36N6O3S/c1-17(27-2)23(33)28-21(18-11-6-4-7-12-18)25(35)32-16-10-15-20(32)24(34)31(3)26-22(29-30-36-26)19-13-8-5-9-14-19/h5,8-9,13-14,17-18,20-21,27H,4,6-7,10-12,15-16H2,1-3H3,(H,28,33)/t17-,20-,21-/m0/s1. The van der Waals surface area contributed by atoms with Crippen LogP contribution in [0.25, 0.3) is 11.3 Å². The van der Waals surface area contributed by atoms with Crippen LogP contribution in [0, 0.1) is 5.92 Å². The number of anilines is 1. The monoisotopic (exact) mass is 512 g/mol. The molecule has 1 saturated heterocycles. The fourth-order valence-electron chi connectivity index (χ4n) is 5.23. The highest BCUT2D eigenvalue weighted by Crippen LogP contribution is 2.34. The largest absolute Gasteiger partial charge is 0.343 e. The van der Waals surface area contributed by atoms with Crippen LogP contribution in [0.2, 0.25) is 0 Å². The van der Waals surface area contributed by atoms with Crippen molar-refractivity contribution in [2.24, 2.45) is 5.92 Å². The fraction of sp³-hybridized carbons (Fsp3) is 0.577. The summed E-state index contributed by atoms with van der Waals surface area (Å²) in [5, 5.41) is 10.9. The van der Waals surface area contributed by atoms with Crippen LogP contribution in [0.15, 0.2) is 30.3 Å². The van der Waals surface area contributed by atoms with Crippen molar-refractivity contribution in [2.45, 2.75) is 70.0 Å². The Morgan fingerprint density at radius 2 is 1.81 bits per heavy atom. The minimum Gasteiger partial charge on any atom is -0.343 e. The van der Waals surface area contributed by atoms with Crippen molar-refractivity contribution < 1.29 is 14.4 Å². The molecule has 9 nitrogen and oxygen atoms in total. The van der Waals surface area contributed by atoms with Gasteiger partial charge in [0.15, 0.2) is 0 Å². The molecule has 0 spiro atoms. The molecule has 1 aliphatic heterocycles. The van der Waals surface area contributed by atoms with Crippen LogP contribution < -0.4 is 15.5 Å². The molecule has 2 aromatic rings. The molecule has 2 fully saturated rings. The summed E-state index contributed by atoms with van der Waals surface area (Å²) in [5.41, 5.74) is 1.54. The van der Waals surface area contributed by atoms with E-state index in [1.807, 2.05) is 30.3 Å². The third-order valence-corrected chi connectivity index (χ3v) is 8.29. The van der Waals surface area contributed by atoms with E-state index in [1.54, 1.807) is 30.8 Å². The smallest absolute Gasteiger partial charge is 0.250 e. The van der Waals surface area contributed by atoms with Crippen LogP contribution in [0.5, 0.6) is 0 Å². The Morgan fingerprint density at radius 3 is 2.50 bits per heavy atom. The van der Waals surface area contributed by atoms with Gasteiger partial charge in [-0.05, 0) is 45.6 Å². The summed E-state index contributed by atoms with van der Waals surface area (Å²) in [7, 11) is 3.45. The highest BCUT2D eigenvalue weighted by Gasteiger charge is 2.42. The fourth-order valence-corrected chi connectivity index (χ4v) is 5.89. The first kappa shape index (κ1) is 26.2. The number of likely N-dealkylation sites (tertiary alicyclic amines) is 1. The Kier molecular flexibility index (Phi) is 8.68. The molecule has 3 amide bonds. The SMILES string of the molecule is CN[C@@H](C)C(=O)N[C@H](C(=O)N1CCC[C@H]1C(=O)N(C)c1snnc1-c1ccccc1)C1CCCCC1. The number of carbonyl (C=O) groups excluding carboxylic acids is 3. The van der Waals surface area contributed by atoms with E-state index in [0.29, 0.717) is 23.7 Å². The van der Waals surface area contributed by atoms with Crippen molar-refractivity contribution in [3.63, 3.8) is 0 Å². The van der Waals surface area contributed by atoms with E-state index in [2.05, 4.69) is 20.2 Å². The molecular weight excluding hydrogens is 476 g/mol. The second-order valence-electron chi connectivity index (χ2n) is 9.77. The Labute approximate surface area is 216 Å². The second-order valence-corrected chi connectivity index (χ2v) is 10.5. The number of nitrogens with zero attached hydrogens (tertiary/aromatic N) is 4. The number of likely N-dealkylation sites (N-methyl/N-ethyl adjacent to an activating group) is 2. The Morgan fingerprint density at radius 1 is 1.08 bits per heavy atom. The van der Waals surface area contributed by atoms with Crippen molar-refractivity contribution in [1.29, 1.82) is 0 Å². The van der Waals surface area contributed by atoms with Crippen molar-refractivity contribution in [2.75, 3.05) is 25.5 Å². The minimum atomic E-state index is -0.614. The van der Waals surface area contributed by atoms with Gasteiger partial charge in [0.1, 0.15) is 22.8 Å². The van der Waals surface area contributed by atoms with E-state index in [0.717, 1.165) is 44.1 Å². The summed E-state index contributed by atoms with van der Waals surface area (Å²) >= 11 is 1.17. The molecule has 1 aliphatic carbocycles. The second kappa shape index (κ2) is 11.9. The summed E-state index contributed by atoms with van der Waals surface area (Å²) in [5.74, 6) is -0.400. The molecule has 1 aromatic heterocycles. The number of amides is 3. The lowest BCUT2D eigenvalue weighted by atomic mass is 9.83. The zero-order valence-corrected chi connectivity index (χ0v) is 22.1. The number of benzene rings is 1. The first-order chi connectivity index (χ1) is 17.4. The van der Waals surface area contributed by atoms with Crippen LogP contribution in [-0.4, -0.2) is 71.0 Å². The van der Waals surface area contributed by atoms with E-state index in [1.165, 1.54) is 11.5 Å². The van der Waals surface area contributed by atoms with Gasteiger partial charge < -0.3 is 20.4 Å². The molecule has 4 rings (SSSR count). The summed E-state index contributed by atoms with van der Waals surface area (Å²) in [4.78, 5) is 43.6. The van der Waals surface area contributed by atoms with E-state index < -0.39 is 18.1 Å². The first-order valence-electron chi connectivity index (χ1n) is 12.9. The normalized spacial score (nSPS) is 20.1. The number of rotatable bonds is 8. The zero-order chi connectivity index (χ0) is 25.7. The van der Waals surface area contributed by atoms with Gasteiger partial charge in [0.25, 0.3) is 0 Å². The quantitative estimate of drug-likeness (QED) is 0.563. The van der Waals surface area contributed by atoms with E-state index >= 15 is 0 Å². The molecular formula is C26H36N6O3S. The third kappa shape index (κ3) is 5.59. The van der Waals surface area contributed by atoms with Crippen LogP contribution in [0.1, 0.15) is 51.9 Å². The van der Waals surface area contributed by atoms with Gasteiger partial charge in [-0.15, -0.1) is 5.10 Å². The van der Waals surface area contributed by atoms with Gasteiger partial charge in [-0.25, -0.2) is 0 Å². The average molecular weight is 513 g/mol. The molecule has 2 aliphatic rings. The number of nitrogens with one attached hydrogen (secondary N) is 2. The maximum absolute atomic E-state index is 13.9. The van der Waals surface area contributed by atoms with E-state index in [-0.39, 0.29) is 23.6 Å². The topological polar surface area (TPSA) is 108 Å². The number of carbonyl (C=O) groups is 3. The van der Waals surface area contributed by atoms with Gasteiger partial charge in [-0.2, -0.15) is 0 Å². The molecule has 1 aromatic carbocycles. The number of hydrogen-bond acceptors (Lipinski definition) is 7. The predicted molar refractivity (Wildman–Crippen MR) is 141 cm³/mol. The van der Waals surface area contributed by atoms with Crippen molar-refractivity contribution in [1.82, 2.24) is 25.1 Å². The summed E-state index contributed by atoms with van der Waals surface area (Å²) < 4.78 is 4.09. The minimum absolute atomic E-state index is 0.0868. The molecule has 1 saturated carbocycles. The lowest BCUT2D eigenvalue weighted by Gasteiger charge is -2.35. The number of aromatic nitrogens is 2. The highest BCUT2D eigenvalue weighted by molar-refractivity contribution is 7.10. The molecule has 0 bridgehead atoms. The van der Waals surface area contributed by atoms with Gasteiger partial charge >= 0.3 is 0 Å². The summed E-state index contributed by atoms with van der Waals surface area (Å²) in [6.45, 7) is 2.29. The Hall–Kier alpha value is -2.85. The Bertz CT molecular complexity index is 1050. The van der Waals surface area contributed by atoms with E-state index in [9.17, 15) is 14.4 Å². The van der Waals surface area contributed by atoms with Gasteiger partial charge in [-0.1, -0.05) is 54.1 Å². The molecule has 0 radical (unpaired) electrons. The molecule has 2 N–H and O–H groups in total. The Balaban J connectivity index is 1.54. The van der Waals surface area contributed by atoms with Crippen LogP contribution in [0.3, 0.4) is 0 Å². The zero-order valence-electron chi connectivity index (χ0n) is 21.3. The van der Waals surface area contributed by atoms with Crippen LogP contribution >= 0.6 is 11.5 Å². The molecule has 3 atom stereocenters. The predicted octanol–water partition coefficient (Wildman–Crippen LogP) is 2.83. The molecule has 194 valence electrons. The highest BCUT2D eigenvalue weighted by atomic mass is 32.1. The molecule has 2 heterocycles. The van der Waals surface area contributed by atoms with Crippen molar-refractivity contribution in [3.05, 3.63) is 30.3 Å². The van der Waals surface area contributed by atoms with Crippen molar-refractivity contribution >= 4 is 34.3 Å². The summed E-state index contributed by atoms with van der Waals surface area (Å²) in [6.07, 6.45) is 6.42. The molecule has 36 heavy (non-hydrogen) atoms. The number of hydrogen-bond donors (Lipinski definition) is 2. The molecule has 0 unspecified atom stereocenters. The third-order valence-electron chi connectivity index (χ3n) is 7.49. The van der Waals surface area contributed by atoms with Gasteiger partial charge in [0.05, 0.1) is 6.04 Å². The van der Waals surface area contributed by atoms with Crippen LogP contribution in [-0.2, 0) is 14.4 Å². The van der Waals surface area contributed by atoms with E-state index in [4.69, 9.17) is 0 Å². The van der Waals surface area contributed by atoms with Crippen molar-refractivity contribution in [3.8, 4) is 11.3 Å². The summed E-state index contributed by atoms with van der Waals surface area (Å²) in [6, 6.07) is 8.06. The van der Waals surface area contributed by atoms with Gasteiger partial charge in [0.2, 0.25) is 17.7 Å². The van der Waals surface area contributed by atoms with Crippen LogP contribution in [0.4, 0.5) is 5.00 Å². The molecule has 10 heteroatoms. The maximum Gasteiger partial charge on any atom is 0.250 e. The maximum atomic E-state index is 13.9. The average Bonchev–Trinajstić information content (AvgIpc) is 3.61.